The average Bonchev–Trinajstić information content (AvgIpc) is 2.90. The van der Waals surface area contributed by atoms with Gasteiger partial charge < -0.3 is 9.47 Å². The van der Waals surface area contributed by atoms with Crippen LogP contribution in [0.2, 0.25) is 0 Å². The van der Waals surface area contributed by atoms with Gasteiger partial charge in [-0.2, -0.15) is 13.2 Å². The second-order valence-corrected chi connectivity index (χ2v) is 8.86. The first-order valence-electron chi connectivity index (χ1n) is 14.8. The molecule has 0 bridgehead atoms. The van der Waals surface area contributed by atoms with Crippen molar-refractivity contribution in [3.63, 3.8) is 0 Å². The van der Waals surface area contributed by atoms with E-state index >= 15 is 0 Å². The molecule has 0 N–H and O–H groups in total. The summed E-state index contributed by atoms with van der Waals surface area (Å²) < 4.78 is 47.9. The molecule has 0 spiro atoms. The van der Waals surface area contributed by atoms with Gasteiger partial charge in [-0.1, -0.05) is 136 Å². The molecule has 0 saturated heterocycles. The molecule has 0 aliphatic heterocycles. The molecule has 1 atom stereocenters. The molecule has 1 unspecified atom stereocenters. The zero-order chi connectivity index (χ0) is 27.3. The van der Waals surface area contributed by atoms with E-state index in [1.54, 1.807) is 0 Å². The fourth-order valence-corrected chi connectivity index (χ4v) is 3.76. The van der Waals surface area contributed by atoms with Crippen LogP contribution in [0.25, 0.3) is 0 Å². The van der Waals surface area contributed by atoms with Gasteiger partial charge in [-0.25, -0.2) is 0 Å². The van der Waals surface area contributed by atoms with Gasteiger partial charge in [0.25, 0.3) is 0 Å². The SMILES string of the molecule is CC.CC.CCC(COCCCCCCCCCCCCCCCC(F)(F)F)OCc1ccccc1. The van der Waals surface area contributed by atoms with E-state index in [0.29, 0.717) is 19.6 Å². The maximum Gasteiger partial charge on any atom is 0.389 e. The van der Waals surface area contributed by atoms with E-state index in [9.17, 15) is 13.2 Å². The lowest BCUT2D eigenvalue weighted by molar-refractivity contribution is -0.135. The fraction of sp³-hybridized carbons (Fsp3) is 0.806. The molecule has 214 valence electrons. The molecule has 0 aliphatic carbocycles. The summed E-state index contributed by atoms with van der Waals surface area (Å²) in [4.78, 5) is 0. The first-order chi connectivity index (χ1) is 17.5. The maximum atomic E-state index is 12.0. The van der Waals surface area contributed by atoms with Gasteiger partial charge in [0, 0.05) is 13.0 Å². The molecule has 5 heteroatoms. The molecule has 36 heavy (non-hydrogen) atoms. The van der Waals surface area contributed by atoms with E-state index in [-0.39, 0.29) is 12.5 Å². The summed E-state index contributed by atoms with van der Waals surface area (Å²) in [7, 11) is 0. The van der Waals surface area contributed by atoms with Gasteiger partial charge >= 0.3 is 6.18 Å². The number of halogens is 3. The molecule has 0 aliphatic rings. The molecule has 0 aromatic heterocycles. The third-order valence-corrected chi connectivity index (χ3v) is 5.84. The van der Waals surface area contributed by atoms with Crippen LogP contribution in [0.5, 0.6) is 0 Å². The summed E-state index contributed by atoms with van der Waals surface area (Å²) in [6.45, 7) is 12.3. The average molecular weight is 519 g/mol. The van der Waals surface area contributed by atoms with Crippen LogP contribution in [-0.4, -0.2) is 25.5 Å². The Balaban J connectivity index is 0. The molecule has 0 fully saturated rings. The topological polar surface area (TPSA) is 18.5 Å². The van der Waals surface area contributed by atoms with Crippen molar-refractivity contribution in [1.82, 2.24) is 0 Å². The Morgan fingerprint density at radius 1 is 0.667 bits per heavy atom. The maximum absolute atomic E-state index is 12.0. The van der Waals surface area contributed by atoms with Gasteiger partial charge in [0.2, 0.25) is 0 Å². The van der Waals surface area contributed by atoms with Crippen LogP contribution < -0.4 is 0 Å². The molecule has 1 aromatic rings. The van der Waals surface area contributed by atoms with Crippen LogP contribution in [0, 0.1) is 0 Å². The Morgan fingerprint density at radius 2 is 1.11 bits per heavy atom. The lowest BCUT2D eigenvalue weighted by atomic mass is 10.0. The number of rotatable bonds is 21. The smallest absolute Gasteiger partial charge is 0.379 e. The van der Waals surface area contributed by atoms with Crippen LogP contribution in [0.15, 0.2) is 30.3 Å². The van der Waals surface area contributed by atoms with E-state index in [4.69, 9.17) is 9.47 Å². The largest absolute Gasteiger partial charge is 0.389 e. The minimum Gasteiger partial charge on any atom is -0.379 e. The van der Waals surface area contributed by atoms with Gasteiger partial charge in [-0.3, -0.25) is 0 Å². The second-order valence-electron chi connectivity index (χ2n) is 8.86. The van der Waals surface area contributed by atoms with E-state index in [0.717, 1.165) is 38.7 Å². The van der Waals surface area contributed by atoms with Crippen molar-refractivity contribution in [2.24, 2.45) is 0 Å². The van der Waals surface area contributed by atoms with Gasteiger partial charge in [0.05, 0.1) is 19.3 Å². The van der Waals surface area contributed by atoms with Crippen LogP contribution in [0.4, 0.5) is 13.2 Å². The highest BCUT2D eigenvalue weighted by atomic mass is 19.4. The second kappa shape index (κ2) is 28.5. The van der Waals surface area contributed by atoms with Crippen LogP contribution >= 0.6 is 0 Å². The summed E-state index contributed by atoms with van der Waals surface area (Å²) in [6, 6.07) is 10.3. The lowest BCUT2D eigenvalue weighted by Crippen LogP contribution is -2.19. The number of alkyl halides is 3. The fourth-order valence-electron chi connectivity index (χ4n) is 3.76. The number of hydrogen-bond acceptors (Lipinski definition) is 2. The van der Waals surface area contributed by atoms with E-state index < -0.39 is 12.6 Å². The summed E-state index contributed by atoms with van der Waals surface area (Å²) >= 11 is 0. The van der Waals surface area contributed by atoms with Crippen molar-refractivity contribution in [1.29, 1.82) is 0 Å². The van der Waals surface area contributed by atoms with Crippen molar-refractivity contribution in [3.8, 4) is 0 Å². The number of hydrogen-bond donors (Lipinski definition) is 0. The molecule has 0 saturated carbocycles. The zero-order valence-corrected chi connectivity index (χ0v) is 24.1. The van der Waals surface area contributed by atoms with Crippen LogP contribution in [0.3, 0.4) is 0 Å². The van der Waals surface area contributed by atoms with Gasteiger partial charge in [0.15, 0.2) is 0 Å². The van der Waals surface area contributed by atoms with Gasteiger partial charge in [0.1, 0.15) is 0 Å². The van der Waals surface area contributed by atoms with Crippen LogP contribution in [-0.2, 0) is 16.1 Å². The molecule has 0 amide bonds. The minimum atomic E-state index is -3.98. The van der Waals surface area contributed by atoms with Crippen molar-refractivity contribution in [2.75, 3.05) is 13.2 Å². The third kappa shape index (κ3) is 27.5. The molecule has 1 aromatic carbocycles. The van der Waals surface area contributed by atoms with Gasteiger partial charge in [-0.15, -0.1) is 0 Å². The zero-order valence-electron chi connectivity index (χ0n) is 24.1. The molecule has 0 radical (unpaired) electrons. The molecule has 0 heterocycles. The lowest BCUT2D eigenvalue weighted by Gasteiger charge is -2.16. The van der Waals surface area contributed by atoms with Gasteiger partial charge in [-0.05, 0) is 24.8 Å². The Morgan fingerprint density at radius 3 is 1.56 bits per heavy atom. The highest BCUT2D eigenvalue weighted by Gasteiger charge is 2.25. The Kier molecular flexibility index (Phi) is 29.4. The Labute approximate surface area is 221 Å². The Hall–Kier alpha value is -1.07. The first-order valence-corrected chi connectivity index (χ1v) is 14.8. The Bertz CT molecular complexity index is 520. The predicted octanol–water partition coefficient (Wildman–Crippen LogP) is 11.1. The van der Waals surface area contributed by atoms with Crippen LogP contribution in [0.1, 0.15) is 136 Å². The van der Waals surface area contributed by atoms with Crippen molar-refractivity contribution < 1.29 is 22.6 Å². The van der Waals surface area contributed by atoms with Crippen molar-refractivity contribution in [2.45, 2.75) is 150 Å². The normalized spacial score (nSPS) is 11.8. The molecule has 1 rings (SSSR count). The summed E-state index contributed by atoms with van der Waals surface area (Å²) in [6.07, 6.45) is 10.6. The summed E-state index contributed by atoms with van der Waals surface area (Å²) in [5.41, 5.74) is 1.20. The quantitative estimate of drug-likeness (QED) is 0.151. The number of benzene rings is 1. The standard InChI is InChI=1S/C27H45F3O2.2C2H6/c1-2-26(32-23-25-19-15-14-16-20-25)24-31-22-18-13-11-9-7-5-3-4-6-8-10-12-17-21-27(28,29)30;2*1-2/h14-16,19-20,26H,2-13,17-18,21-24H2,1H3;2*1-2H3. The first kappa shape index (κ1) is 37.1. The summed E-state index contributed by atoms with van der Waals surface area (Å²) in [5, 5.41) is 0. The predicted molar refractivity (Wildman–Crippen MR) is 150 cm³/mol. The monoisotopic (exact) mass is 518 g/mol. The molecular weight excluding hydrogens is 461 g/mol. The van der Waals surface area contributed by atoms with E-state index in [1.165, 1.54) is 50.5 Å². The molecule has 2 nitrogen and oxygen atoms in total. The molecular formula is C31H57F3O2. The summed E-state index contributed by atoms with van der Waals surface area (Å²) in [5.74, 6) is 0. The minimum absolute atomic E-state index is 0.162. The number of ether oxygens (including phenoxy) is 2. The van der Waals surface area contributed by atoms with E-state index in [2.05, 4.69) is 19.1 Å². The van der Waals surface area contributed by atoms with Crippen molar-refractivity contribution in [3.05, 3.63) is 35.9 Å². The van der Waals surface area contributed by atoms with E-state index in [1.807, 2.05) is 45.9 Å². The third-order valence-electron chi connectivity index (χ3n) is 5.84. The highest BCUT2D eigenvalue weighted by molar-refractivity contribution is 5.13. The number of unbranched alkanes of at least 4 members (excludes halogenated alkanes) is 12. The highest BCUT2D eigenvalue weighted by Crippen LogP contribution is 2.23. The van der Waals surface area contributed by atoms with Crippen molar-refractivity contribution >= 4 is 0 Å².